The highest BCUT2D eigenvalue weighted by molar-refractivity contribution is 5.08. The van der Waals surface area contributed by atoms with E-state index in [2.05, 4.69) is 12.0 Å². The summed E-state index contributed by atoms with van der Waals surface area (Å²) in [5, 5.41) is 14.9. The summed E-state index contributed by atoms with van der Waals surface area (Å²) in [6, 6.07) is 0. The Morgan fingerprint density at radius 1 is 1.37 bits per heavy atom. The molecule has 0 saturated heterocycles. The lowest BCUT2D eigenvalue weighted by atomic mass is 9.79. The smallest absolute Gasteiger partial charge is 0.0943 e. The highest BCUT2D eigenvalue weighted by Gasteiger charge is 2.39. The lowest BCUT2D eigenvalue weighted by molar-refractivity contribution is -0.138. The molecule has 0 radical (unpaired) electrons. The molecule has 1 aromatic heterocycles. The van der Waals surface area contributed by atoms with Crippen molar-refractivity contribution in [3.63, 3.8) is 0 Å². The van der Waals surface area contributed by atoms with E-state index in [9.17, 15) is 5.11 Å². The molecule has 1 aromatic rings. The van der Waals surface area contributed by atoms with Gasteiger partial charge < -0.3 is 9.84 Å². The number of hydrogen-bond donors (Lipinski definition) is 1. The summed E-state index contributed by atoms with van der Waals surface area (Å²) < 4.78 is 7.86. The minimum Gasteiger partial charge on any atom is -0.390 e. The first-order valence-electron chi connectivity index (χ1n) is 7.53. The molecular formula is C15H26N2O2. The summed E-state index contributed by atoms with van der Waals surface area (Å²) >= 11 is 0. The number of nitrogens with zero attached hydrogens (tertiary/aromatic N) is 2. The Bertz CT molecular complexity index is 378. The van der Waals surface area contributed by atoms with Gasteiger partial charge in [-0.05, 0) is 32.3 Å². The predicted molar refractivity (Wildman–Crippen MR) is 75.1 cm³/mol. The summed E-state index contributed by atoms with van der Waals surface area (Å²) in [7, 11) is 0. The van der Waals surface area contributed by atoms with Crippen molar-refractivity contribution in [2.24, 2.45) is 0 Å². The summed E-state index contributed by atoms with van der Waals surface area (Å²) in [6.07, 6.45) is 9.61. The van der Waals surface area contributed by atoms with E-state index >= 15 is 0 Å². The highest BCUT2D eigenvalue weighted by atomic mass is 16.5. The molecule has 0 amide bonds. The molecule has 1 N–H and O–H groups in total. The van der Waals surface area contributed by atoms with E-state index in [1.807, 2.05) is 24.0 Å². The first kappa shape index (κ1) is 14.5. The number of aryl methyl sites for hydroxylation is 1. The molecule has 4 nitrogen and oxygen atoms in total. The van der Waals surface area contributed by atoms with Crippen LogP contribution in [0.5, 0.6) is 0 Å². The maximum Gasteiger partial charge on any atom is 0.0943 e. The maximum atomic E-state index is 10.6. The van der Waals surface area contributed by atoms with Gasteiger partial charge in [0.2, 0.25) is 0 Å². The fourth-order valence-electron chi connectivity index (χ4n) is 3.11. The molecule has 1 saturated carbocycles. The zero-order chi connectivity index (χ0) is 13.7. The molecule has 1 atom stereocenters. The summed E-state index contributed by atoms with van der Waals surface area (Å²) in [5.41, 5.74) is 0.764. The van der Waals surface area contributed by atoms with Gasteiger partial charge in [-0.3, -0.25) is 4.68 Å². The topological polar surface area (TPSA) is 47.3 Å². The van der Waals surface area contributed by atoms with Crippen molar-refractivity contribution < 1.29 is 9.84 Å². The zero-order valence-electron chi connectivity index (χ0n) is 12.1. The van der Waals surface area contributed by atoms with Gasteiger partial charge >= 0.3 is 0 Å². The minimum absolute atomic E-state index is 0.332. The van der Waals surface area contributed by atoms with Gasteiger partial charge in [-0.1, -0.05) is 19.3 Å². The second-order valence-electron chi connectivity index (χ2n) is 5.48. The molecule has 1 aliphatic carbocycles. The van der Waals surface area contributed by atoms with Crippen LogP contribution in [-0.2, 0) is 17.7 Å². The van der Waals surface area contributed by atoms with Crippen LogP contribution in [0.25, 0.3) is 0 Å². The van der Waals surface area contributed by atoms with Crippen molar-refractivity contribution in [1.82, 2.24) is 9.78 Å². The van der Waals surface area contributed by atoms with Crippen LogP contribution < -0.4 is 0 Å². The van der Waals surface area contributed by atoms with Gasteiger partial charge in [-0.15, -0.1) is 0 Å². The van der Waals surface area contributed by atoms with E-state index in [1.54, 1.807) is 0 Å². The Labute approximate surface area is 115 Å². The lowest BCUT2D eigenvalue weighted by Gasteiger charge is -2.40. The van der Waals surface area contributed by atoms with E-state index < -0.39 is 6.10 Å². The molecular weight excluding hydrogens is 240 g/mol. The van der Waals surface area contributed by atoms with E-state index in [4.69, 9.17) is 4.74 Å². The van der Waals surface area contributed by atoms with Gasteiger partial charge in [-0.25, -0.2) is 0 Å². The molecule has 1 fully saturated rings. The number of ether oxygens (including phenoxy) is 1. The second kappa shape index (κ2) is 6.53. The monoisotopic (exact) mass is 266 g/mol. The molecule has 0 bridgehead atoms. The zero-order valence-corrected chi connectivity index (χ0v) is 12.1. The van der Waals surface area contributed by atoms with Crippen LogP contribution in [0, 0.1) is 0 Å². The van der Waals surface area contributed by atoms with Crippen molar-refractivity contribution in [2.75, 3.05) is 6.61 Å². The first-order chi connectivity index (χ1) is 9.20. The lowest BCUT2D eigenvalue weighted by Crippen LogP contribution is -2.47. The van der Waals surface area contributed by atoms with E-state index in [0.29, 0.717) is 13.0 Å². The molecule has 1 aliphatic rings. The van der Waals surface area contributed by atoms with Crippen molar-refractivity contribution in [3.8, 4) is 0 Å². The Morgan fingerprint density at radius 3 is 2.68 bits per heavy atom. The van der Waals surface area contributed by atoms with E-state index in [0.717, 1.165) is 37.8 Å². The number of aromatic nitrogens is 2. The van der Waals surface area contributed by atoms with Gasteiger partial charge in [0.1, 0.15) is 0 Å². The van der Waals surface area contributed by atoms with Gasteiger partial charge in [0.15, 0.2) is 0 Å². The quantitative estimate of drug-likeness (QED) is 0.860. The van der Waals surface area contributed by atoms with Gasteiger partial charge in [0.05, 0.1) is 17.9 Å². The van der Waals surface area contributed by atoms with Gasteiger partial charge in [-0.2, -0.15) is 5.10 Å². The minimum atomic E-state index is -0.428. The van der Waals surface area contributed by atoms with Crippen molar-refractivity contribution >= 4 is 0 Å². The molecule has 19 heavy (non-hydrogen) atoms. The van der Waals surface area contributed by atoms with Crippen LogP contribution in [0.1, 0.15) is 51.5 Å². The summed E-state index contributed by atoms with van der Waals surface area (Å²) in [5.74, 6) is 0. The Kier molecular flexibility index (Phi) is 4.99. The molecule has 2 rings (SSSR count). The standard InChI is InChI=1S/C15H26N2O2/c1-3-17-12-13(11-16-17)10-14(18)15(19-4-2)8-6-5-7-9-15/h11-12,14,18H,3-10H2,1-2H3. The average molecular weight is 266 g/mol. The fraction of sp³-hybridized carbons (Fsp3) is 0.800. The largest absolute Gasteiger partial charge is 0.390 e. The summed E-state index contributed by atoms with van der Waals surface area (Å²) in [4.78, 5) is 0. The van der Waals surface area contributed by atoms with Crippen molar-refractivity contribution in [1.29, 1.82) is 0 Å². The number of rotatable bonds is 6. The molecule has 108 valence electrons. The van der Waals surface area contributed by atoms with Crippen LogP contribution in [-0.4, -0.2) is 33.2 Å². The first-order valence-corrected chi connectivity index (χ1v) is 7.53. The van der Waals surface area contributed by atoms with Crippen LogP contribution >= 0.6 is 0 Å². The molecule has 0 spiro atoms. The molecule has 4 heteroatoms. The third-order valence-corrected chi connectivity index (χ3v) is 4.18. The van der Waals surface area contributed by atoms with Crippen LogP contribution in [0.3, 0.4) is 0 Å². The molecule has 1 heterocycles. The SMILES string of the molecule is CCOC1(C(O)Cc2cnn(CC)c2)CCCCC1. The Hall–Kier alpha value is -0.870. The average Bonchev–Trinajstić information content (AvgIpc) is 2.88. The highest BCUT2D eigenvalue weighted by Crippen LogP contribution is 2.35. The Balaban J connectivity index is 2.04. The normalized spacial score (nSPS) is 20.4. The molecule has 0 aliphatic heterocycles. The molecule has 1 unspecified atom stereocenters. The van der Waals surface area contributed by atoms with Gasteiger partial charge in [0, 0.05) is 25.8 Å². The molecule has 0 aromatic carbocycles. The van der Waals surface area contributed by atoms with Crippen molar-refractivity contribution in [3.05, 3.63) is 18.0 Å². The number of hydrogen-bond acceptors (Lipinski definition) is 3. The van der Waals surface area contributed by atoms with Crippen LogP contribution in [0.15, 0.2) is 12.4 Å². The second-order valence-corrected chi connectivity index (χ2v) is 5.48. The van der Waals surface area contributed by atoms with Crippen molar-refractivity contribution in [2.45, 2.75) is 70.6 Å². The predicted octanol–water partition coefficient (Wildman–Crippen LogP) is 2.55. The third-order valence-electron chi connectivity index (χ3n) is 4.18. The van der Waals surface area contributed by atoms with E-state index in [1.165, 1.54) is 6.42 Å². The number of aliphatic hydroxyl groups is 1. The van der Waals surface area contributed by atoms with Crippen LogP contribution in [0.2, 0.25) is 0 Å². The Morgan fingerprint density at radius 2 is 2.11 bits per heavy atom. The van der Waals surface area contributed by atoms with Gasteiger partial charge in [0.25, 0.3) is 0 Å². The maximum absolute atomic E-state index is 10.6. The number of aliphatic hydroxyl groups excluding tert-OH is 1. The third kappa shape index (κ3) is 3.37. The fourth-order valence-corrected chi connectivity index (χ4v) is 3.11. The summed E-state index contributed by atoms with van der Waals surface area (Å²) in [6.45, 7) is 5.62. The van der Waals surface area contributed by atoms with Crippen LogP contribution in [0.4, 0.5) is 0 Å². The van der Waals surface area contributed by atoms with E-state index in [-0.39, 0.29) is 5.60 Å².